The standard InChI is InChI=1S/C12H17F4N3O2S/c1-8-4-5-9(19(2)3)6-10(8)18-22(20,21)17-7-12(15,16)11(13)14/h4-6,11,17-18H,7H2,1-3H3. The number of aryl methyl sites for hydroxylation is 1. The average molecular weight is 343 g/mol. The minimum atomic E-state index is -4.44. The van der Waals surface area contributed by atoms with E-state index in [2.05, 4.69) is 0 Å². The van der Waals surface area contributed by atoms with Crippen LogP contribution in [0.1, 0.15) is 5.56 Å². The molecule has 5 nitrogen and oxygen atoms in total. The first-order valence-corrected chi connectivity index (χ1v) is 7.64. The molecule has 126 valence electrons. The lowest BCUT2D eigenvalue weighted by atomic mass is 10.2. The molecule has 0 saturated heterocycles. The number of nitrogens with one attached hydrogen (secondary N) is 2. The molecule has 1 rings (SSSR count). The summed E-state index contributed by atoms with van der Waals surface area (Å²) in [4.78, 5) is 1.72. The Morgan fingerprint density at radius 1 is 1.27 bits per heavy atom. The second-order valence-corrected chi connectivity index (χ2v) is 6.38. The van der Waals surface area contributed by atoms with Crippen molar-refractivity contribution in [2.45, 2.75) is 19.3 Å². The SMILES string of the molecule is Cc1ccc(N(C)C)cc1NS(=O)(=O)NCC(F)(F)C(F)F. The Balaban J connectivity index is 2.87. The third-order valence-corrected chi connectivity index (χ3v) is 3.81. The van der Waals surface area contributed by atoms with Crippen LogP contribution in [0.25, 0.3) is 0 Å². The van der Waals surface area contributed by atoms with Gasteiger partial charge in [0.15, 0.2) is 0 Å². The van der Waals surface area contributed by atoms with E-state index < -0.39 is 29.1 Å². The quantitative estimate of drug-likeness (QED) is 0.746. The summed E-state index contributed by atoms with van der Waals surface area (Å²) in [6, 6.07) is 4.88. The van der Waals surface area contributed by atoms with E-state index in [9.17, 15) is 26.0 Å². The number of hydrogen-bond acceptors (Lipinski definition) is 3. The number of halogens is 4. The van der Waals surface area contributed by atoms with Gasteiger partial charge >= 0.3 is 12.3 Å². The lowest BCUT2D eigenvalue weighted by Gasteiger charge is -2.18. The highest BCUT2D eigenvalue weighted by atomic mass is 32.2. The zero-order valence-corrected chi connectivity index (χ0v) is 13.0. The second kappa shape index (κ2) is 6.69. The summed E-state index contributed by atoms with van der Waals surface area (Å²) < 4.78 is 76.4. The maximum absolute atomic E-state index is 12.8. The molecule has 1 aromatic carbocycles. The van der Waals surface area contributed by atoms with Gasteiger partial charge in [0.2, 0.25) is 0 Å². The summed E-state index contributed by atoms with van der Waals surface area (Å²) in [5.41, 5.74) is 1.40. The van der Waals surface area contributed by atoms with Crippen molar-refractivity contribution in [1.29, 1.82) is 0 Å². The first-order chi connectivity index (χ1) is 9.94. The summed E-state index contributed by atoms with van der Waals surface area (Å²) in [5.74, 6) is -4.44. The van der Waals surface area contributed by atoms with Crippen molar-refractivity contribution >= 4 is 21.6 Å². The highest BCUT2D eigenvalue weighted by molar-refractivity contribution is 7.90. The highest BCUT2D eigenvalue weighted by Gasteiger charge is 2.41. The normalized spacial score (nSPS) is 12.5. The number of anilines is 2. The van der Waals surface area contributed by atoms with Gasteiger partial charge in [-0.15, -0.1) is 0 Å². The Morgan fingerprint density at radius 2 is 1.86 bits per heavy atom. The molecule has 0 aliphatic rings. The van der Waals surface area contributed by atoms with E-state index in [1.54, 1.807) is 38.1 Å². The predicted molar refractivity (Wildman–Crippen MR) is 77.0 cm³/mol. The van der Waals surface area contributed by atoms with Gasteiger partial charge in [0.05, 0.1) is 12.2 Å². The molecule has 10 heteroatoms. The van der Waals surface area contributed by atoms with Crippen molar-refractivity contribution in [1.82, 2.24) is 4.72 Å². The molecule has 0 spiro atoms. The van der Waals surface area contributed by atoms with E-state index in [1.165, 1.54) is 10.8 Å². The molecule has 0 saturated carbocycles. The van der Waals surface area contributed by atoms with Gasteiger partial charge in [-0.3, -0.25) is 4.72 Å². The molecule has 0 aliphatic heterocycles. The summed E-state index contributed by atoms with van der Waals surface area (Å²) >= 11 is 0. The first kappa shape index (κ1) is 18.5. The van der Waals surface area contributed by atoms with E-state index in [1.807, 2.05) is 4.72 Å². The van der Waals surface area contributed by atoms with Crippen LogP contribution in [-0.2, 0) is 10.2 Å². The minimum Gasteiger partial charge on any atom is -0.378 e. The molecular formula is C12H17F4N3O2S. The Morgan fingerprint density at radius 3 is 2.36 bits per heavy atom. The third kappa shape index (κ3) is 5.02. The van der Waals surface area contributed by atoms with Crippen LogP contribution in [0, 0.1) is 6.92 Å². The maximum atomic E-state index is 12.8. The molecule has 1 aromatic rings. The zero-order chi connectivity index (χ0) is 17.1. The smallest absolute Gasteiger partial charge is 0.320 e. The molecular weight excluding hydrogens is 326 g/mol. The Hall–Kier alpha value is -1.55. The fourth-order valence-corrected chi connectivity index (χ4v) is 2.41. The number of alkyl halides is 4. The van der Waals surface area contributed by atoms with Crippen molar-refractivity contribution in [3.8, 4) is 0 Å². The zero-order valence-electron chi connectivity index (χ0n) is 12.2. The first-order valence-electron chi connectivity index (χ1n) is 6.16. The number of rotatable bonds is 7. The van der Waals surface area contributed by atoms with Crippen molar-refractivity contribution in [2.75, 3.05) is 30.3 Å². The van der Waals surface area contributed by atoms with Crippen LogP contribution in [-0.4, -0.2) is 41.4 Å². The second-order valence-electron chi connectivity index (χ2n) is 4.88. The largest absolute Gasteiger partial charge is 0.378 e. The molecule has 0 fully saturated rings. The monoisotopic (exact) mass is 343 g/mol. The molecule has 0 aromatic heterocycles. The van der Waals surface area contributed by atoms with Crippen molar-refractivity contribution < 1.29 is 26.0 Å². The van der Waals surface area contributed by atoms with Gasteiger partial charge in [-0.25, -0.2) is 8.78 Å². The molecule has 0 bridgehead atoms. The van der Waals surface area contributed by atoms with Gasteiger partial charge in [0.1, 0.15) is 0 Å². The van der Waals surface area contributed by atoms with Crippen LogP contribution in [0.4, 0.5) is 28.9 Å². The molecule has 0 heterocycles. The van der Waals surface area contributed by atoms with Gasteiger partial charge in [0.25, 0.3) is 10.2 Å². The molecule has 0 atom stereocenters. The van der Waals surface area contributed by atoms with E-state index in [-0.39, 0.29) is 5.69 Å². The lowest BCUT2D eigenvalue weighted by Crippen LogP contribution is -2.43. The van der Waals surface area contributed by atoms with Crippen LogP contribution in [0.5, 0.6) is 0 Å². The van der Waals surface area contributed by atoms with Crippen LogP contribution in [0.2, 0.25) is 0 Å². The number of benzene rings is 1. The fraction of sp³-hybridized carbons (Fsp3) is 0.500. The Kier molecular flexibility index (Phi) is 5.63. The van der Waals surface area contributed by atoms with Crippen LogP contribution in [0.3, 0.4) is 0 Å². The van der Waals surface area contributed by atoms with E-state index in [0.29, 0.717) is 11.3 Å². The van der Waals surface area contributed by atoms with Crippen molar-refractivity contribution in [3.05, 3.63) is 23.8 Å². The van der Waals surface area contributed by atoms with E-state index >= 15 is 0 Å². The lowest BCUT2D eigenvalue weighted by molar-refractivity contribution is -0.122. The van der Waals surface area contributed by atoms with Gasteiger partial charge in [-0.1, -0.05) is 6.07 Å². The predicted octanol–water partition coefficient (Wildman–Crippen LogP) is 2.21. The molecule has 2 N–H and O–H groups in total. The Bertz CT molecular complexity index is 621. The summed E-state index contributed by atoms with van der Waals surface area (Å²) in [7, 11) is -0.917. The Labute approximate surface area is 126 Å². The van der Waals surface area contributed by atoms with Crippen molar-refractivity contribution in [2.24, 2.45) is 0 Å². The maximum Gasteiger partial charge on any atom is 0.320 e. The molecule has 0 unspecified atom stereocenters. The molecule has 0 amide bonds. The van der Waals surface area contributed by atoms with Gasteiger partial charge in [-0.2, -0.15) is 21.9 Å². The van der Waals surface area contributed by atoms with Crippen LogP contribution >= 0.6 is 0 Å². The number of hydrogen-bond donors (Lipinski definition) is 2. The summed E-state index contributed by atoms with van der Waals surface area (Å²) in [6.07, 6.45) is -3.95. The summed E-state index contributed by atoms with van der Waals surface area (Å²) in [5, 5.41) is 0. The highest BCUT2D eigenvalue weighted by Crippen LogP contribution is 2.24. The molecule has 22 heavy (non-hydrogen) atoms. The van der Waals surface area contributed by atoms with Gasteiger partial charge in [0, 0.05) is 19.8 Å². The van der Waals surface area contributed by atoms with Crippen molar-refractivity contribution in [3.63, 3.8) is 0 Å². The number of nitrogens with zero attached hydrogens (tertiary/aromatic N) is 1. The molecule has 0 radical (unpaired) electrons. The molecule has 0 aliphatic carbocycles. The topological polar surface area (TPSA) is 61.4 Å². The van der Waals surface area contributed by atoms with Gasteiger partial charge < -0.3 is 4.90 Å². The fourth-order valence-electron chi connectivity index (χ4n) is 1.45. The third-order valence-electron chi connectivity index (χ3n) is 2.80. The van der Waals surface area contributed by atoms with E-state index in [4.69, 9.17) is 0 Å². The van der Waals surface area contributed by atoms with E-state index in [0.717, 1.165) is 0 Å². The van der Waals surface area contributed by atoms with Gasteiger partial charge in [-0.05, 0) is 24.6 Å². The van der Waals surface area contributed by atoms with Crippen LogP contribution in [0.15, 0.2) is 18.2 Å². The average Bonchev–Trinajstić information content (AvgIpc) is 2.38. The summed E-state index contributed by atoms with van der Waals surface area (Å²) in [6.45, 7) is -0.0720. The minimum absolute atomic E-state index is 0.166. The van der Waals surface area contributed by atoms with Crippen LogP contribution < -0.4 is 14.3 Å².